The highest BCUT2D eigenvalue weighted by atomic mass is 16.2. The summed E-state index contributed by atoms with van der Waals surface area (Å²) in [6.07, 6.45) is 4.18. The number of carbonyl (C=O) groups is 3. The maximum Gasteiger partial charge on any atom is 0.272 e. The van der Waals surface area contributed by atoms with Crippen LogP contribution in [0.4, 0.5) is 5.69 Å². The molecule has 0 unspecified atom stereocenters. The lowest BCUT2D eigenvalue weighted by molar-refractivity contribution is -0.123. The first-order valence-electron chi connectivity index (χ1n) is 9.81. The Hall–Kier alpha value is -3.16. The minimum absolute atomic E-state index is 0.0374. The molecule has 3 amide bonds. The molecule has 1 heterocycles. The summed E-state index contributed by atoms with van der Waals surface area (Å²) in [6.45, 7) is 1.99. The maximum atomic E-state index is 12.9. The van der Waals surface area contributed by atoms with Gasteiger partial charge in [0.05, 0.1) is 6.33 Å². The standard InChI is InChI=1S/C21H27N5O3/c1-13-6-4-5-7-16(13)26(3)21(29)14-8-10-15(11-9-14)25-20(28)18-17(19(27)22-2)23-12-24-18/h4-7,12,14-15H,8-11H2,1-3H3,(H,22,27)(H,23,24)(H,25,28). The Labute approximate surface area is 170 Å². The summed E-state index contributed by atoms with van der Waals surface area (Å²) < 4.78 is 0. The van der Waals surface area contributed by atoms with Gasteiger partial charge in [-0.2, -0.15) is 0 Å². The van der Waals surface area contributed by atoms with Crippen molar-refractivity contribution in [3.8, 4) is 0 Å². The number of aromatic nitrogens is 2. The molecule has 0 saturated heterocycles. The van der Waals surface area contributed by atoms with Crippen molar-refractivity contribution in [2.45, 2.75) is 38.6 Å². The van der Waals surface area contributed by atoms with Crippen molar-refractivity contribution in [1.82, 2.24) is 20.6 Å². The first kappa shape index (κ1) is 20.6. The van der Waals surface area contributed by atoms with E-state index in [0.717, 1.165) is 11.3 Å². The fraction of sp³-hybridized carbons (Fsp3) is 0.429. The third-order valence-corrected chi connectivity index (χ3v) is 5.53. The average molecular weight is 397 g/mol. The topological polar surface area (TPSA) is 107 Å². The van der Waals surface area contributed by atoms with E-state index in [2.05, 4.69) is 20.6 Å². The van der Waals surface area contributed by atoms with Gasteiger partial charge in [-0.3, -0.25) is 14.4 Å². The molecule has 2 aromatic rings. The van der Waals surface area contributed by atoms with E-state index in [1.807, 2.05) is 38.2 Å². The van der Waals surface area contributed by atoms with E-state index in [1.165, 1.54) is 13.4 Å². The molecule has 1 aliphatic rings. The number of nitrogens with one attached hydrogen (secondary N) is 3. The summed E-state index contributed by atoms with van der Waals surface area (Å²) >= 11 is 0. The number of aryl methyl sites for hydroxylation is 1. The highest BCUT2D eigenvalue weighted by molar-refractivity contribution is 6.04. The minimum atomic E-state index is -0.388. The third-order valence-electron chi connectivity index (χ3n) is 5.53. The number of carbonyl (C=O) groups excluding carboxylic acids is 3. The van der Waals surface area contributed by atoms with E-state index in [-0.39, 0.29) is 41.1 Å². The number of rotatable bonds is 5. The van der Waals surface area contributed by atoms with Crippen molar-refractivity contribution in [2.75, 3.05) is 19.0 Å². The van der Waals surface area contributed by atoms with Crippen molar-refractivity contribution < 1.29 is 14.4 Å². The molecule has 0 spiro atoms. The highest BCUT2D eigenvalue weighted by Crippen LogP contribution is 2.28. The van der Waals surface area contributed by atoms with Crippen LogP contribution in [0.15, 0.2) is 30.6 Å². The zero-order chi connectivity index (χ0) is 21.0. The second-order valence-corrected chi connectivity index (χ2v) is 7.41. The van der Waals surface area contributed by atoms with Crippen LogP contribution in [0.5, 0.6) is 0 Å². The molecule has 1 aromatic heterocycles. The summed E-state index contributed by atoms with van der Waals surface area (Å²) in [4.78, 5) is 45.6. The number of imidazole rings is 1. The van der Waals surface area contributed by atoms with Crippen LogP contribution in [0.3, 0.4) is 0 Å². The maximum absolute atomic E-state index is 12.9. The van der Waals surface area contributed by atoms with Crippen molar-refractivity contribution >= 4 is 23.4 Å². The zero-order valence-electron chi connectivity index (χ0n) is 17.0. The Balaban J connectivity index is 1.56. The van der Waals surface area contributed by atoms with E-state index in [0.29, 0.717) is 25.7 Å². The molecule has 0 aliphatic heterocycles. The molecule has 154 valence electrons. The second kappa shape index (κ2) is 8.89. The van der Waals surface area contributed by atoms with Gasteiger partial charge in [0.2, 0.25) is 5.91 Å². The summed E-state index contributed by atoms with van der Waals surface area (Å²) in [5, 5.41) is 5.42. The van der Waals surface area contributed by atoms with Gasteiger partial charge in [0.25, 0.3) is 11.8 Å². The molecule has 0 atom stereocenters. The molecule has 1 aliphatic carbocycles. The monoisotopic (exact) mass is 397 g/mol. The largest absolute Gasteiger partial charge is 0.354 e. The molecule has 1 fully saturated rings. The fourth-order valence-corrected chi connectivity index (χ4v) is 3.84. The van der Waals surface area contributed by atoms with Crippen LogP contribution in [0, 0.1) is 12.8 Å². The van der Waals surface area contributed by atoms with E-state index < -0.39 is 0 Å². The van der Waals surface area contributed by atoms with Gasteiger partial charge in [0, 0.05) is 31.7 Å². The van der Waals surface area contributed by atoms with Crippen molar-refractivity contribution in [2.24, 2.45) is 5.92 Å². The molecule has 1 aromatic carbocycles. The van der Waals surface area contributed by atoms with Crippen LogP contribution in [0.1, 0.15) is 52.2 Å². The second-order valence-electron chi connectivity index (χ2n) is 7.41. The Bertz CT molecular complexity index is 899. The van der Waals surface area contributed by atoms with Gasteiger partial charge < -0.3 is 20.5 Å². The Morgan fingerprint density at radius 1 is 1.10 bits per heavy atom. The quantitative estimate of drug-likeness (QED) is 0.717. The van der Waals surface area contributed by atoms with Gasteiger partial charge in [0.1, 0.15) is 5.69 Å². The summed E-state index contributed by atoms with van der Waals surface area (Å²) in [5.41, 5.74) is 2.22. The van der Waals surface area contributed by atoms with Crippen LogP contribution in [0.25, 0.3) is 0 Å². The Morgan fingerprint density at radius 2 is 1.79 bits per heavy atom. The molecule has 0 bridgehead atoms. The van der Waals surface area contributed by atoms with E-state index in [9.17, 15) is 14.4 Å². The number of amides is 3. The predicted octanol–water partition coefficient (Wildman–Crippen LogP) is 2.03. The average Bonchev–Trinajstić information content (AvgIpc) is 3.23. The Kier molecular flexibility index (Phi) is 6.31. The number of para-hydroxylation sites is 1. The molecule has 29 heavy (non-hydrogen) atoms. The molecular formula is C21H27N5O3. The fourth-order valence-electron chi connectivity index (χ4n) is 3.84. The van der Waals surface area contributed by atoms with Crippen LogP contribution >= 0.6 is 0 Å². The number of nitrogens with zero attached hydrogens (tertiary/aromatic N) is 2. The smallest absolute Gasteiger partial charge is 0.272 e. The summed E-state index contributed by atoms with van der Waals surface area (Å²) in [5.74, 6) is -0.712. The molecule has 8 heteroatoms. The SMILES string of the molecule is CNC(=O)c1[nH]cnc1C(=O)NC1CCC(C(=O)N(C)c2ccccc2C)CC1. The van der Waals surface area contributed by atoms with Crippen LogP contribution in [-0.4, -0.2) is 47.8 Å². The number of anilines is 1. The lowest BCUT2D eigenvalue weighted by Gasteiger charge is -2.31. The van der Waals surface area contributed by atoms with E-state index >= 15 is 0 Å². The first-order chi connectivity index (χ1) is 13.9. The van der Waals surface area contributed by atoms with Crippen molar-refractivity contribution in [1.29, 1.82) is 0 Å². The lowest BCUT2D eigenvalue weighted by atomic mass is 9.85. The van der Waals surface area contributed by atoms with Crippen molar-refractivity contribution in [3.05, 3.63) is 47.5 Å². The highest BCUT2D eigenvalue weighted by Gasteiger charge is 2.30. The van der Waals surface area contributed by atoms with Gasteiger partial charge in [-0.1, -0.05) is 18.2 Å². The molecule has 1 saturated carbocycles. The van der Waals surface area contributed by atoms with Gasteiger partial charge in [-0.05, 0) is 44.2 Å². The van der Waals surface area contributed by atoms with Crippen molar-refractivity contribution in [3.63, 3.8) is 0 Å². The Morgan fingerprint density at radius 3 is 2.45 bits per heavy atom. The summed E-state index contributed by atoms with van der Waals surface area (Å²) in [6, 6.07) is 7.80. The number of aromatic amines is 1. The van der Waals surface area contributed by atoms with E-state index in [4.69, 9.17) is 0 Å². The minimum Gasteiger partial charge on any atom is -0.354 e. The molecule has 3 rings (SSSR count). The van der Waals surface area contributed by atoms with Crippen LogP contribution in [-0.2, 0) is 4.79 Å². The van der Waals surface area contributed by atoms with Gasteiger partial charge in [0.15, 0.2) is 5.69 Å². The van der Waals surface area contributed by atoms with Gasteiger partial charge in [-0.15, -0.1) is 0 Å². The first-order valence-corrected chi connectivity index (χ1v) is 9.81. The third kappa shape index (κ3) is 4.47. The number of benzene rings is 1. The molecular weight excluding hydrogens is 370 g/mol. The number of hydrogen-bond acceptors (Lipinski definition) is 4. The van der Waals surface area contributed by atoms with Crippen LogP contribution in [0.2, 0.25) is 0 Å². The van der Waals surface area contributed by atoms with Gasteiger partial charge in [-0.25, -0.2) is 4.98 Å². The molecule has 0 radical (unpaired) electrons. The molecule has 8 nitrogen and oxygen atoms in total. The normalized spacial score (nSPS) is 18.7. The predicted molar refractivity (Wildman–Crippen MR) is 110 cm³/mol. The number of H-pyrrole nitrogens is 1. The lowest BCUT2D eigenvalue weighted by Crippen LogP contribution is -2.42. The van der Waals surface area contributed by atoms with E-state index in [1.54, 1.807) is 4.90 Å². The molecule has 3 N–H and O–H groups in total. The van der Waals surface area contributed by atoms with Gasteiger partial charge >= 0.3 is 0 Å². The van der Waals surface area contributed by atoms with Crippen LogP contribution < -0.4 is 15.5 Å². The number of hydrogen-bond donors (Lipinski definition) is 3. The summed E-state index contributed by atoms with van der Waals surface area (Å²) in [7, 11) is 3.31. The zero-order valence-corrected chi connectivity index (χ0v) is 17.0.